The molecule has 0 atom stereocenters. The van der Waals surface area contributed by atoms with Crippen LogP contribution in [0.4, 0.5) is 0 Å². The van der Waals surface area contributed by atoms with Gasteiger partial charge in [0.05, 0.1) is 0 Å². The Hall–Kier alpha value is -3.74. The minimum absolute atomic E-state index is 0.00593. The molecular weight excluding hydrogens is 358 g/mol. The first-order valence-corrected chi connectivity index (χ1v) is 8.70. The molecule has 4 rings (SSSR count). The number of carbonyl (C=O) groups is 1. The van der Waals surface area contributed by atoms with Gasteiger partial charge in [-0.25, -0.2) is 0 Å². The number of benzene rings is 2. The normalized spacial score (nSPS) is 10.8. The summed E-state index contributed by atoms with van der Waals surface area (Å²) in [7, 11) is 0. The molecule has 7 heteroatoms. The number of Topliss-reactive ketones (excluding diaryl/α,β-unsaturated/α-hetero) is 1. The molecular formula is C21H17N3O4. The maximum atomic E-state index is 11.3. The molecule has 2 aromatic carbocycles. The van der Waals surface area contributed by atoms with Gasteiger partial charge >= 0.3 is 0 Å². The van der Waals surface area contributed by atoms with Crippen LogP contribution in [-0.4, -0.2) is 21.1 Å². The third kappa shape index (κ3) is 3.55. The standard InChI is InChI=1S/C21H17N3O4/c1-13(25)15-8-10-17(11-9-15)26-12-18-22-23-21(27-18)19-14(2)28-24-20(19)16-6-4-3-5-7-16/h3-11H,12H2,1-2H3. The first-order chi connectivity index (χ1) is 13.6. The van der Waals surface area contributed by atoms with Crippen molar-refractivity contribution in [3.63, 3.8) is 0 Å². The number of hydrogen-bond acceptors (Lipinski definition) is 7. The van der Waals surface area contributed by atoms with Gasteiger partial charge < -0.3 is 13.7 Å². The van der Waals surface area contributed by atoms with Crippen LogP contribution < -0.4 is 4.74 Å². The second kappa shape index (κ2) is 7.48. The SMILES string of the molecule is CC(=O)c1ccc(OCc2nnc(-c3c(-c4ccccc4)noc3C)o2)cc1. The van der Waals surface area contributed by atoms with E-state index in [9.17, 15) is 4.79 Å². The van der Waals surface area contributed by atoms with Crippen LogP contribution in [0.15, 0.2) is 63.5 Å². The molecule has 4 aromatic rings. The molecule has 0 aliphatic carbocycles. The van der Waals surface area contributed by atoms with Gasteiger partial charge in [-0.1, -0.05) is 35.5 Å². The summed E-state index contributed by atoms with van der Waals surface area (Å²) in [5.74, 6) is 1.85. The maximum Gasteiger partial charge on any atom is 0.254 e. The van der Waals surface area contributed by atoms with E-state index in [-0.39, 0.29) is 12.4 Å². The summed E-state index contributed by atoms with van der Waals surface area (Å²) < 4.78 is 16.7. The molecule has 140 valence electrons. The highest BCUT2D eigenvalue weighted by Gasteiger charge is 2.22. The van der Waals surface area contributed by atoms with E-state index in [0.29, 0.717) is 40.1 Å². The molecule has 0 unspecified atom stereocenters. The van der Waals surface area contributed by atoms with E-state index in [2.05, 4.69) is 15.4 Å². The molecule has 2 aromatic heterocycles. The maximum absolute atomic E-state index is 11.3. The zero-order chi connectivity index (χ0) is 19.5. The van der Waals surface area contributed by atoms with E-state index in [0.717, 1.165) is 5.56 Å². The quantitative estimate of drug-likeness (QED) is 0.459. The minimum Gasteiger partial charge on any atom is -0.484 e. The molecule has 0 radical (unpaired) electrons. The fraction of sp³-hybridized carbons (Fsp3) is 0.143. The van der Waals surface area contributed by atoms with Crippen molar-refractivity contribution in [1.29, 1.82) is 0 Å². The van der Waals surface area contributed by atoms with Crippen LogP contribution in [0.25, 0.3) is 22.7 Å². The lowest BCUT2D eigenvalue weighted by Crippen LogP contribution is -1.97. The van der Waals surface area contributed by atoms with E-state index in [1.54, 1.807) is 31.2 Å². The Bertz CT molecular complexity index is 1100. The zero-order valence-corrected chi connectivity index (χ0v) is 15.4. The lowest BCUT2D eigenvalue weighted by Gasteiger charge is -2.03. The van der Waals surface area contributed by atoms with Crippen molar-refractivity contribution in [2.24, 2.45) is 0 Å². The van der Waals surface area contributed by atoms with E-state index < -0.39 is 0 Å². The Labute approximate surface area is 161 Å². The molecule has 0 saturated carbocycles. The first kappa shape index (κ1) is 17.7. The third-order valence-corrected chi connectivity index (χ3v) is 4.21. The van der Waals surface area contributed by atoms with Gasteiger partial charge in [0.25, 0.3) is 11.8 Å². The van der Waals surface area contributed by atoms with E-state index in [1.165, 1.54) is 6.92 Å². The van der Waals surface area contributed by atoms with Crippen LogP contribution in [0.2, 0.25) is 0 Å². The number of aromatic nitrogens is 3. The number of rotatable bonds is 6. The summed E-state index contributed by atoms with van der Waals surface area (Å²) in [5, 5.41) is 12.3. The molecule has 0 aliphatic heterocycles. The Morgan fingerprint density at radius 2 is 1.79 bits per heavy atom. The smallest absolute Gasteiger partial charge is 0.254 e. The predicted molar refractivity (Wildman–Crippen MR) is 101 cm³/mol. The summed E-state index contributed by atoms with van der Waals surface area (Å²) in [5.41, 5.74) is 2.84. The van der Waals surface area contributed by atoms with Gasteiger partial charge in [-0.3, -0.25) is 4.79 Å². The van der Waals surface area contributed by atoms with Gasteiger partial charge in [0.1, 0.15) is 22.8 Å². The highest BCUT2D eigenvalue weighted by Crippen LogP contribution is 2.33. The van der Waals surface area contributed by atoms with Crippen molar-refractivity contribution >= 4 is 5.78 Å². The predicted octanol–water partition coefficient (Wildman–Crippen LogP) is 4.48. The van der Waals surface area contributed by atoms with Gasteiger partial charge in [-0.15, -0.1) is 10.2 Å². The van der Waals surface area contributed by atoms with Crippen LogP contribution in [0.1, 0.15) is 28.9 Å². The lowest BCUT2D eigenvalue weighted by atomic mass is 10.1. The Morgan fingerprint density at radius 1 is 1.04 bits per heavy atom. The molecule has 0 fully saturated rings. The number of carbonyl (C=O) groups excluding carboxylic acids is 1. The fourth-order valence-electron chi connectivity index (χ4n) is 2.76. The lowest BCUT2D eigenvalue weighted by molar-refractivity contribution is 0.101. The average molecular weight is 375 g/mol. The summed E-state index contributed by atoms with van der Waals surface area (Å²) in [4.78, 5) is 11.3. The third-order valence-electron chi connectivity index (χ3n) is 4.21. The molecule has 0 N–H and O–H groups in total. The van der Waals surface area contributed by atoms with E-state index in [4.69, 9.17) is 13.7 Å². The first-order valence-electron chi connectivity index (χ1n) is 8.70. The van der Waals surface area contributed by atoms with Crippen LogP contribution in [0.3, 0.4) is 0 Å². The van der Waals surface area contributed by atoms with Gasteiger partial charge in [0, 0.05) is 11.1 Å². The van der Waals surface area contributed by atoms with Crippen molar-refractivity contribution in [2.45, 2.75) is 20.5 Å². The number of aryl methyl sites for hydroxylation is 1. The summed E-state index contributed by atoms with van der Waals surface area (Å²) in [6.07, 6.45) is 0. The topological polar surface area (TPSA) is 91.2 Å². The second-order valence-corrected chi connectivity index (χ2v) is 6.20. The molecule has 0 bridgehead atoms. The molecule has 2 heterocycles. The molecule has 0 saturated heterocycles. The Kier molecular flexibility index (Phi) is 4.72. The number of ketones is 1. The monoisotopic (exact) mass is 375 g/mol. The van der Waals surface area contributed by atoms with Crippen LogP contribution >= 0.6 is 0 Å². The van der Waals surface area contributed by atoms with Crippen molar-refractivity contribution in [3.05, 3.63) is 71.8 Å². The minimum atomic E-state index is 0.00593. The Balaban J connectivity index is 1.52. The zero-order valence-electron chi connectivity index (χ0n) is 15.4. The molecule has 0 aliphatic rings. The highest BCUT2D eigenvalue weighted by atomic mass is 16.5. The van der Waals surface area contributed by atoms with Crippen LogP contribution in [0.5, 0.6) is 5.75 Å². The number of nitrogens with zero attached hydrogens (tertiary/aromatic N) is 3. The molecule has 28 heavy (non-hydrogen) atoms. The van der Waals surface area contributed by atoms with Crippen molar-refractivity contribution in [3.8, 4) is 28.5 Å². The molecule has 7 nitrogen and oxygen atoms in total. The van der Waals surface area contributed by atoms with Crippen molar-refractivity contribution in [2.75, 3.05) is 0 Å². The summed E-state index contributed by atoms with van der Waals surface area (Å²) >= 11 is 0. The van der Waals surface area contributed by atoms with Crippen LogP contribution in [0, 0.1) is 6.92 Å². The van der Waals surface area contributed by atoms with Crippen LogP contribution in [-0.2, 0) is 6.61 Å². The average Bonchev–Trinajstić information content (AvgIpc) is 3.33. The number of ether oxygens (including phenoxy) is 1. The second-order valence-electron chi connectivity index (χ2n) is 6.20. The van der Waals surface area contributed by atoms with Gasteiger partial charge in [-0.05, 0) is 38.1 Å². The molecule has 0 spiro atoms. The highest BCUT2D eigenvalue weighted by molar-refractivity contribution is 5.94. The van der Waals surface area contributed by atoms with Crippen molar-refractivity contribution < 1.29 is 18.5 Å². The Morgan fingerprint density at radius 3 is 2.50 bits per heavy atom. The van der Waals surface area contributed by atoms with Gasteiger partial charge in [-0.2, -0.15) is 0 Å². The van der Waals surface area contributed by atoms with Crippen molar-refractivity contribution in [1.82, 2.24) is 15.4 Å². The molecule has 0 amide bonds. The summed E-state index contributed by atoms with van der Waals surface area (Å²) in [6.45, 7) is 3.43. The van der Waals surface area contributed by atoms with Gasteiger partial charge in [0.2, 0.25) is 0 Å². The fourth-order valence-corrected chi connectivity index (χ4v) is 2.76. The van der Waals surface area contributed by atoms with E-state index >= 15 is 0 Å². The number of hydrogen-bond donors (Lipinski definition) is 0. The van der Waals surface area contributed by atoms with Gasteiger partial charge in [0.15, 0.2) is 12.4 Å². The largest absolute Gasteiger partial charge is 0.484 e. The summed E-state index contributed by atoms with van der Waals surface area (Å²) in [6, 6.07) is 16.5. The van der Waals surface area contributed by atoms with E-state index in [1.807, 2.05) is 30.3 Å².